The van der Waals surface area contributed by atoms with Crippen LogP contribution in [0.5, 0.6) is 0 Å². The maximum atomic E-state index is 11.9. The summed E-state index contributed by atoms with van der Waals surface area (Å²) < 4.78 is 0.952. The van der Waals surface area contributed by atoms with E-state index in [0.29, 0.717) is 5.56 Å². The van der Waals surface area contributed by atoms with Crippen molar-refractivity contribution in [3.8, 4) is 0 Å². The molecule has 80 valence electrons. The molecule has 0 unspecified atom stereocenters. The molecule has 0 saturated heterocycles. The van der Waals surface area contributed by atoms with Gasteiger partial charge in [-0.2, -0.15) is 0 Å². The lowest BCUT2D eigenvalue weighted by atomic mass is 10.2. The summed E-state index contributed by atoms with van der Waals surface area (Å²) in [5.41, 5.74) is 1.51. The molecule has 0 fully saturated rings. The molecule has 0 heterocycles. The number of nitrogens with one attached hydrogen (secondary N) is 1. The van der Waals surface area contributed by atoms with Crippen LogP contribution in [0.15, 0.2) is 54.6 Å². The van der Waals surface area contributed by atoms with Gasteiger partial charge in [0, 0.05) is 9.26 Å². The number of carbonyl (C=O) groups excluding carboxylic acids is 1. The van der Waals surface area contributed by atoms with Crippen LogP contribution in [0.2, 0.25) is 0 Å². The normalized spacial score (nSPS) is 9.81. The fourth-order valence-electron chi connectivity index (χ4n) is 1.37. The third-order valence-electron chi connectivity index (χ3n) is 2.15. The molecule has 2 aromatic carbocycles. The van der Waals surface area contributed by atoms with Crippen molar-refractivity contribution in [2.45, 2.75) is 0 Å². The van der Waals surface area contributed by atoms with Crippen LogP contribution in [0, 0.1) is 3.57 Å². The van der Waals surface area contributed by atoms with E-state index in [-0.39, 0.29) is 5.91 Å². The summed E-state index contributed by atoms with van der Waals surface area (Å²) in [5, 5.41) is 2.86. The second-order valence-electron chi connectivity index (χ2n) is 3.30. The Bertz CT molecular complexity index is 496. The maximum absolute atomic E-state index is 11.9. The van der Waals surface area contributed by atoms with Crippen molar-refractivity contribution in [3.05, 3.63) is 63.7 Å². The van der Waals surface area contributed by atoms with E-state index < -0.39 is 0 Å². The van der Waals surface area contributed by atoms with Gasteiger partial charge >= 0.3 is 0 Å². The SMILES string of the molecule is O=C(Nc1ccccc1)c1ccccc1I. The number of para-hydroxylation sites is 1. The molecule has 0 aliphatic heterocycles. The second kappa shape index (κ2) is 5.12. The Balaban J connectivity index is 2.19. The zero-order chi connectivity index (χ0) is 11.4. The molecule has 3 heteroatoms. The molecule has 0 saturated carbocycles. The van der Waals surface area contributed by atoms with Gasteiger partial charge in [-0.15, -0.1) is 0 Å². The van der Waals surface area contributed by atoms with Crippen LogP contribution in [0.4, 0.5) is 5.69 Å². The minimum absolute atomic E-state index is 0.0730. The lowest BCUT2D eigenvalue weighted by Crippen LogP contribution is -2.13. The van der Waals surface area contributed by atoms with Crippen LogP contribution in [-0.2, 0) is 0 Å². The molecule has 0 aliphatic carbocycles. The Morgan fingerprint density at radius 2 is 1.56 bits per heavy atom. The van der Waals surface area contributed by atoms with E-state index in [0.717, 1.165) is 9.26 Å². The summed E-state index contributed by atoms with van der Waals surface area (Å²) >= 11 is 2.16. The number of amides is 1. The zero-order valence-electron chi connectivity index (χ0n) is 8.48. The highest BCUT2D eigenvalue weighted by molar-refractivity contribution is 14.1. The first-order valence-corrected chi connectivity index (χ1v) is 5.96. The first-order chi connectivity index (χ1) is 7.77. The average molecular weight is 323 g/mol. The van der Waals surface area contributed by atoms with E-state index in [2.05, 4.69) is 27.9 Å². The van der Waals surface area contributed by atoms with Gasteiger partial charge < -0.3 is 5.32 Å². The third kappa shape index (κ3) is 2.61. The summed E-state index contributed by atoms with van der Waals surface area (Å²) in [6.45, 7) is 0. The molecule has 0 aliphatic rings. The second-order valence-corrected chi connectivity index (χ2v) is 4.46. The fourth-order valence-corrected chi connectivity index (χ4v) is 2.00. The molecule has 2 nitrogen and oxygen atoms in total. The van der Waals surface area contributed by atoms with Crippen molar-refractivity contribution in [3.63, 3.8) is 0 Å². The predicted molar refractivity (Wildman–Crippen MR) is 73.6 cm³/mol. The van der Waals surface area contributed by atoms with Crippen molar-refractivity contribution < 1.29 is 4.79 Å². The van der Waals surface area contributed by atoms with Gasteiger partial charge in [0.2, 0.25) is 0 Å². The monoisotopic (exact) mass is 323 g/mol. The van der Waals surface area contributed by atoms with Gasteiger partial charge in [-0.05, 0) is 46.9 Å². The zero-order valence-corrected chi connectivity index (χ0v) is 10.6. The Hall–Kier alpha value is -1.36. The minimum Gasteiger partial charge on any atom is -0.322 e. The highest BCUT2D eigenvalue weighted by Gasteiger charge is 2.08. The number of benzene rings is 2. The molecule has 16 heavy (non-hydrogen) atoms. The molecule has 2 rings (SSSR count). The topological polar surface area (TPSA) is 29.1 Å². The van der Waals surface area contributed by atoms with Crippen LogP contribution >= 0.6 is 22.6 Å². The van der Waals surface area contributed by atoms with E-state index in [9.17, 15) is 4.79 Å². The number of hydrogen-bond acceptors (Lipinski definition) is 1. The number of anilines is 1. The Morgan fingerprint density at radius 1 is 0.938 bits per heavy atom. The van der Waals surface area contributed by atoms with Crippen molar-refractivity contribution in [1.29, 1.82) is 0 Å². The molecule has 0 aromatic heterocycles. The van der Waals surface area contributed by atoms with E-state index in [4.69, 9.17) is 0 Å². The number of halogens is 1. The van der Waals surface area contributed by atoms with Crippen molar-refractivity contribution in [2.24, 2.45) is 0 Å². The maximum Gasteiger partial charge on any atom is 0.256 e. The molecule has 0 spiro atoms. The average Bonchev–Trinajstić information content (AvgIpc) is 2.31. The van der Waals surface area contributed by atoms with Crippen molar-refractivity contribution in [2.75, 3.05) is 5.32 Å². The van der Waals surface area contributed by atoms with Gasteiger partial charge in [-0.25, -0.2) is 0 Å². The lowest BCUT2D eigenvalue weighted by molar-refractivity contribution is 0.102. The summed E-state index contributed by atoms with van der Waals surface area (Å²) in [6.07, 6.45) is 0. The smallest absolute Gasteiger partial charge is 0.256 e. The largest absolute Gasteiger partial charge is 0.322 e. The molecular weight excluding hydrogens is 313 g/mol. The van der Waals surface area contributed by atoms with Gasteiger partial charge in [0.1, 0.15) is 0 Å². The molecule has 0 radical (unpaired) electrons. The minimum atomic E-state index is -0.0730. The predicted octanol–water partition coefficient (Wildman–Crippen LogP) is 3.54. The number of rotatable bonds is 2. The fraction of sp³-hybridized carbons (Fsp3) is 0. The molecular formula is C13H10INO. The summed E-state index contributed by atoms with van der Waals surface area (Å²) in [7, 11) is 0. The van der Waals surface area contributed by atoms with E-state index in [1.54, 1.807) is 0 Å². The van der Waals surface area contributed by atoms with Crippen LogP contribution in [0.25, 0.3) is 0 Å². The summed E-state index contributed by atoms with van der Waals surface area (Å²) in [4.78, 5) is 11.9. The van der Waals surface area contributed by atoms with E-state index in [1.807, 2.05) is 54.6 Å². The Morgan fingerprint density at radius 3 is 2.25 bits per heavy atom. The van der Waals surface area contributed by atoms with Crippen LogP contribution in [0.1, 0.15) is 10.4 Å². The van der Waals surface area contributed by atoms with Gasteiger partial charge in [0.05, 0.1) is 5.56 Å². The standard InChI is InChI=1S/C13H10INO/c14-12-9-5-4-8-11(12)13(16)15-10-6-2-1-3-7-10/h1-9H,(H,15,16). The molecule has 0 atom stereocenters. The Labute approximate surface area is 108 Å². The summed E-state index contributed by atoms with van der Waals surface area (Å²) in [6, 6.07) is 17.0. The lowest BCUT2D eigenvalue weighted by Gasteiger charge is -2.06. The highest BCUT2D eigenvalue weighted by Crippen LogP contribution is 2.14. The van der Waals surface area contributed by atoms with Gasteiger partial charge in [-0.1, -0.05) is 30.3 Å². The summed E-state index contributed by atoms with van der Waals surface area (Å²) in [5.74, 6) is -0.0730. The quantitative estimate of drug-likeness (QED) is 0.842. The van der Waals surface area contributed by atoms with Crippen molar-refractivity contribution >= 4 is 34.2 Å². The Kier molecular flexibility index (Phi) is 3.56. The number of hydrogen-bond donors (Lipinski definition) is 1. The van der Waals surface area contributed by atoms with E-state index >= 15 is 0 Å². The van der Waals surface area contributed by atoms with Gasteiger partial charge in [0.15, 0.2) is 0 Å². The van der Waals surface area contributed by atoms with Crippen LogP contribution in [0.3, 0.4) is 0 Å². The number of carbonyl (C=O) groups is 1. The molecule has 2 aromatic rings. The van der Waals surface area contributed by atoms with Crippen LogP contribution in [-0.4, -0.2) is 5.91 Å². The van der Waals surface area contributed by atoms with Crippen LogP contribution < -0.4 is 5.32 Å². The van der Waals surface area contributed by atoms with Gasteiger partial charge in [0.25, 0.3) is 5.91 Å². The van der Waals surface area contributed by atoms with Gasteiger partial charge in [-0.3, -0.25) is 4.79 Å². The molecule has 1 N–H and O–H groups in total. The highest BCUT2D eigenvalue weighted by atomic mass is 127. The first kappa shape index (κ1) is 11.1. The van der Waals surface area contributed by atoms with Crippen molar-refractivity contribution in [1.82, 2.24) is 0 Å². The third-order valence-corrected chi connectivity index (χ3v) is 3.09. The molecule has 0 bridgehead atoms. The van der Waals surface area contributed by atoms with E-state index in [1.165, 1.54) is 0 Å². The first-order valence-electron chi connectivity index (χ1n) is 4.88. The molecule has 1 amide bonds.